The molecule has 162 valence electrons. The summed E-state index contributed by atoms with van der Waals surface area (Å²) in [6.07, 6.45) is -6.91. The van der Waals surface area contributed by atoms with Gasteiger partial charge in [0.15, 0.2) is 0 Å². The van der Waals surface area contributed by atoms with Gasteiger partial charge in [-0.2, -0.15) is 26.3 Å². The van der Waals surface area contributed by atoms with Crippen LogP contribution in [-0.4, -0.2) is 5.91 Å². The molecule has 1 amide bonds. The van der Waals surface area contributed by atoms with E-state index in [0.29, 0.717) is 43.4 Å². The highest BCUT2D eigenvalue weighted by Crippen LogP contribution is 2.38. The highest BCUT2D eigenvalue weighted by atomic mass is 19.4. The van der Waals surface area contributed by atoms with Crippen LogP contribution in [0.4, 0.5) is 36.4 Å². The molecule has 1 aliphatic carbocycles. The van der Waals surface area contributed by atoms with E-state index in [1.807, 2.05) is 0 Å². The van der Waals surface area contributed by atoms with Gasteiger partial charge in [-0.05, 0) is 61.1 Å². The molecular formula is C21H18F7NO. The second kappa shape index (κ2) is 8.28. The van der Waals surface area contributed by atoms with E-state index < -0.39 is 41.1 Å². The molecule has 2 aromatic rings. The summed E-state index contributed by atoms with van der Waals surface area (Å²) < 4.78 is 90.0. The van der Waals surface area contributed by atoms with Gasteiger partial charge in [-0.25, -0.2) is 4.39 Å². The summed E-state index contributed by atoms with van der Waals surface area (Å²) in [5.74, 6) is -2.36. The third-order valence-corrected chi connectivity index (χ3v) is 5.31. The van der Waals surface area contributed by atoms with Crippen molar-refractivity contribution in [2.45, 2.75) is 44.0 Å². The zero-order valence-electron chi connectivity index (χ0n) is 15.6. The van der Waals surface area contributed by atoms with Crippen LogP contribution in [-0.2, 0) is 17.1 Å². The van der Waals surface area contributed by atoms with Crippen molar-refractivity contribution in [2.24, 2.45) is 5.92 Å². The smallest absolute Gasteiger partial charge is 0.323 e. The molecule has 2 nitrogen and oxygen atoms in total. The summed E-state index contributed by atoms with van der Waals surface area (Å²) in [5.41, 5.74) is -1.57. The minimum absolute atomic E-state index is 0.130. The molecule has 0 bridgehead atoms. The van der Waals surface area contributed by atoms with Crippen LogP contribution >= 0.6 is 0 Å². The Hall–Kier alpha value is -2.58. The van der Waals surface area contributed by atoms with Crippen LogP contribution in [0.15, 0.2) is 42.5 Å². The van der Waals surface area contributed by atoms with Crippen molar-refractivity contribution in [1.29, 1.82) is 0 Å². The monoisotopic (exact) mass is 433 g/mol. The molecule has 0 spiro atoms. The Morgan fingerprint density at radius 2 is 1.47 bits per heavy atom. The zero-order chi connectivity index (χ0) is 22.1. The minimum atomic E-state index is -4.69. The van der Waals surface area contributed by atoms with E-state index in [2.05, 4.69) is 5.32 Å². The fraction of sp³-hybridized carbons (Fsp3) is 0.381. The first-order valence-corrected chi connectivity index (χ1v) is 9.30. The second-order valence-corrected chi connectivity index (χ2v) is 7.36. The molecule has 1 N–H and O–H groups in total. The van der Waals surface area contributed by atoms with Gasteiger partial charge in [0.1, 0.15) is 5.82 Å². The number of hydrogen-bond donors (Lipinski definition) is 1. The summed E-state index contributed by atoms with van der Waals surface area (Å²) >= 11 is 0. The number of alkyl halides is 6. The summed E-state index contributed by atoms with van der Waals surface area (Å²) in [6, 6.07) is 6.65. The zero-order valence-corrected chi connectivity index (χ0v) is 15.6. The third kappa shape index (κ3) is 5.12. The molecule has 0 saturated heterocycles. The molecular weight excluding hydrogens is 415 g/mol. The van der Waals surface area contributed by atoms with Gasteiger partial charge in [-0.3, -0.25) is 4.79 Å². The van der Waals surface area contributed by atoms with Crippen molar-refractivity contribution in [1.82, 2.24) is 0 Å². The Labute approximate surface area is 168 Å². The lowest BCUT2D eigenvalue weighted by atomic mass is 9.77. The molecule has 3 rings (SSSR count). The predicted molar refractivity (Wildman–Crippen MR) is 96.2 cm³/mol. The minimum Gasteiger partial charge on any atom is -0.323 e. The number of anilines is 1. The highest BCUT2D eigenvalue weighted by Gasteiger charge is 2.33. The SMILES string of the molecule is O=C(Nc1ccc(C(F)(F)F)cc1F)C1CCCC(c2ccc(C(F)(F)F)cc2)C1. The van der Waals surface area contributed by atoms with Crippen LogP contribution in [0, 0.1) is 11.7 Å². The summed E-state index contributed by atoms with van der Waals surface area (Å²) in [4.78, 5) is 12.5. The van der Waals surface area contributed by atoms with Gasteiger partial charge in [-0.15, -0.1) is 0 Å². The number of rotatable bonds is 3. The molecule has 0 aromatic heterocycles. The first-order chi connectivity index (χ1) is 13.9. The van der Waals surface area contributed by atoms with E-state index in [-0.39, 0.29) is 11.6 Å². The summed E-state index contributed by atoms with van der Waals surface area (Å²) in [6.45, 7) is 0. The summed E-state index contributed by atoms with van der Waals surface area (Å²) in [5, 5.41) is 2.33. The van der Waals surface area contributed by atoms with Gasteiger partial charge in [0, 0.05) is 5.92 Å². The molecule has 2 unspecified atom stereocenters. The molecule has 0 heterocycles. The van der Waals surface area contributed by atoms with Crippen molar-refractivity contribution in [3.8, 4) is 0 Å². The van der Waals surface area contributed by atoms with Crippen LogP contribution in [0.1, 0.15) is 48.3 Å². The Kier molecular flexibility index (Phi) is 6.10. The molecule has 2 atom stereocenters. The van der Waals surface area contributed by atoms with Crippen molar-refractivity contribution in [3.63, 3.8) is 0 Å². The lowest BCUT2D eigenvalue weighted by Crippen LogP contribution is -2.28. The molecule has 0 aliphatic heterocycles. The fourth-order valence-corrected chi connectivity index (χ4v) is 3.70. The van der Waals surface area contributed by atoms with Gasteiger partial charge in [0.05, 0.1) is 16.8 Å². The van der Waals surface area contributed by atoms with E-state index in [9.17, 15) is 35.5 Å². The number of halogens is 7. The number of benzene rings is 2. The number of hydrogen-bond acceptors (Lipinski definition) is 1. The first kappa shape index (κ1) is 22.1. The van der Waals surface area contributed by atoms with Crippen LogP contribution in [0.3, 0.4) is 0 Å². The summed E-state index contributed by atoms with van der Waals surface area (Å²) in [7, 11) is 0. The lowest BCUT2D eigenvalue weighted by molar-refractivity contribution is -0.138. The van der Waals surface area contributed by atoms with Crippen LogP contribution < -0.4 is 5.32 Å². The lowest BCUT2D eigenvalue weighted by Gasteiger charge is -2.29. The Morgan fingerprint density at radius 3 is 2.03 bits per heavy atom. The van der Waals surface area contributed by atoms with Gasteiger partial charge in [0.2, 0.25) is 5.91 Å². The maximum absolute atomic E-state index is 14.0. The molecule has 1 fully saturated rings. The average molecular weight is 433 g/mol. The molecule has 1 saturated carbocycles. The quantitative estimate of drug-likeness (QED) is 0.532. The van der Waals surface area contributed by atoms with Crippen molar-refractivity contribution in [2.75, 3.05) is 5.32 Å². The van der Waals surface area contributed by atoms with E-state index >= 15 is 0 Å². The Bertz CT molecular complexity index is 903. The fourth-order valence-electron chi connectivity index (χ4n) is 3.70. The van der Waals surface area contributed by atoms with Crippen LogP contribution in [0.5, 0.6) is 0 Å². The first-order valence-electron chi connectivity index (χ1n) is 9.30. The maximum atomic E-state index is 14.0. The number of nitrogens with one attached hydrogen (secondary N) is 1. The standard InChI is InChI=1S/C21H18F7NO/c22-17-11-16(21(26,27)28)8-9-18(17)29-19(30)14-3-1-2-13(10-14)12-4-6-15(7-5-12)20(23,24)25/h4-9,11,13-14H,1-3,10H2,(H,29,30). The predicted octanol–water partition coefficient (Wildman–Crippen LogP) is 6.78. The van der Waals surface area contributed by atoms with E-state index in [0.717, 1.165) is 18.2 Å². The largest absolute Gasteiger partial charge is 0.416 e. The van der Waals surface area contributed by atoms with Crippen molar-refractivity contribution < 1.29 is 35.5 Å². The highest BCUT2D eigenvalue weighted by molar-refractivity contribution is 5.92. The van der Waals surface area contributed by atoms with Crippen molar-refractivity contribution in [3.05, 3.63) is 65.0 Å². The molecule has 30 heavy (non-hydrogen) atoms. The van der Waals surface area contributed by atoms with Gasteiger partial charge >= 0.3 is 12.4 Å². The molecule has 0 radical (unpaired) electrons. The van der Waals surface area contributed by atoms with Crippen LogP contribution in [0.2, 0.25) is 0 Å². The maximum Gasteiger partial charge on any atom is 0.416 e. The molecule has 2 aromatic carbocycles. The van der Waals surface area contributed by atoms with E-state index in [1.54, 1.807) is 0 Å². The van der Waals surface area contributed by atoms with Gasteiger partial charge in [-0.1, -0.05) is 18.6 Å². The van der Waals surface area contributed by atoms with E-state index in [1.165, 1.54) is 12.1 Å². The van der Waals surface area contributed by atoms with Gasteiger partial charge in [0.25, 0.3) is 0 Å². The van der Waals surface area contributed by atoms with E-state index in [4.69, 9.17) is 0 Å². The third-order valence-electron chi connectivity index (χ3n) is 5.31. The van der Waals surface area contributed by atoms with Gasteiger partial charge < -0.3 is 5.32 Å². The molecule has 1 aliphatic rings. The number of carbonyl (C=O) groups excluding carboxylic acids is 1. The molecule has 9 heteroatoms. The van der Waals surface area contributed by atoms with Crippen LogP contribution in [0.25, 0.3) is 0 Å². The topological polar surface area (TPSA) is 29.1 Å². The average Bonchev–Trinajstić information content (AvgIpc) is 2.68. The number of carbonyl (C=O) groups is 1. The normalized spacial score (nSPS) is 20.1. The Morgan fingerprint density at radius 1 is 0.867 bits per heavy atom. The van der Waals surface area contributed by atoms with Crippen molar-refractivity contribution >= 4 is 11.6 Å². The Balaban J connectivity index is 1.67. The second-order valence-electron chi connectivity index (χ2n) is 7.36. The number of amides is 1.